The van der Waals surface area contributed by atoms with Gasteiger partial charge in [0.1, 0.15) is 17.4 Å². The molecule has 0 saturated carbocycles. The summed E-state index contributed by atoms with van der Waals surface area (Å²) in [7, 11) is 0. The van der Waals surface area contributed by atoms with Gasteiger partial charge in [-0.05, 0) is 48.2 Å². The zero-order valence-electron chi connectivity index (χ0n) is 13.6. The van der Waals surface area contributed by atoms with Crippen molar-refractivity contribution in [1.82, 2.24) is 0 Å². The standard InChI is InChI=1S/C19H23F2NO/c1-13(2)12-23-17-5-3-4-14(9-17)8-15(11-22)18-7-6-16(20)10-19(18)21/h3-7,9-10,13,15H,8,11-12,22H2,1-2H3. The third kappa shape index (κ3) is 5.03. The first-order valence-electron chi connectivity index (χ1n) is 7.86. The molecule has 1 unspecified atom stereocenters. The summed E-state index contributed by atoms with van der Waals surface area (Å²) in [6, 6.07) is 11.4. The first-order valence-corrected chi connectivity index (χ1v) is 7.86. The van der Waals surface area contributed by atoms with E-state index in [9.17, 15) is 8.78 Å². The summed E-state index contributed by atoms with van der Waals surface area (Å²) < 4.78 is 32.7. The Bertz CT molecular complexity index is 643. The minimum atomic E-state index is -0.578. The van der Waals surface area contributed by atoms with Gasteiger partial charge in [-0.1, -0.05) is 32.0 Å². The average Bonchev–Trinajstić information content (AvgIpc) is 2.51. The monoisotopic (exact) mass is 319 g/mol. The SMILES string of the molecule is CC(C)COc1cccc(CC(CN)c2ccc(F)cc2F)c1. The number of nitrogens with two attached hydrogens (primary N) is 1. The van der Waals surface area contributed by atoms with E-state index in [1.807, 2.05) is 24.3 Å². The van der Waals surface area contributed by atoms with E-state index in [-0.39, 0.29) is 5.92 Å². The predicted molar refractivity (Wildman–Crippen MR) is 88.6 cm³/mol. The van der Waals surface area contributed by atoms with Crippen molar-refractivity contribution in [2.24, 2.45) is 11.7 Å². The Balaban J connectivity index is 2.13. The Morgan fingerprint density at radius 1 is 1.09 bits per heavy atom. The van der Waals surface area contributed by atoms with Crippen molar-refractivity contribution < 1.29 is 13.5 Å². The molecule has 2 aromatic carbocycles. The van der Waals surface area contributed by atoms with Crippen molar-refractivity contribution in [3.63, 3.8) is 0 Å². The Morgan fingerprint density at radius 3 is 2.52 bits per heavy atom. The van der Waals surface area contributed by atoms with Crippen LogP contribution in [0.2, 0.25) is 0 Å². The molecule has 0 aliphatic rings. The summed E-state index contributed by atoms with van der Waals surface area (Å²) in [6.07, 6.45) is 0.581. The molecule has 0 aliphatic carbocycles. The first kappa shape index (κ1) is 17.4. The van der Waals surface area contributed by atoms with Gasteiger partial charge < -0.3 is 10.5 Å². The van der Waals surface area contributed by atoms with Crippen molar-refractivity contribution in [3.05, 3.63) is 65.2 Å². The minimum Gasteiger partial charge on any atom is -0.493 e. The minimum absolute atomic E-state index is 0.198. The largest absolute Gasteiger partial charge is 0.493 e. The Labute approximate surface area is 136 Å². The lowest BCUT2D eigenvalue weighted by atomic mass is 9.91. The highest BCUT2D eigenvalue weighted by atomic mass is 19.1. The summed E-state index contributed by atoms with van der Waals surface area (Å²) in [5.41, 5.74) is 7.27. The zero-order chi connectivity index (χ0) is 16.8. The van der Waals surface area contributed by atoms with Gasteiger partial charge in [-0.3, -0.25) is 0 Å². The third-order valence-corrected chi connectivity index (χ3v) is 3.65. The molecule has 4 heteroatoms. The van der Waals surface area contributed by atoms with Crippen LogP contribution >= 0.6 is 0 Å². The maximum absolute atomic E-state index is 14.0. The normalized spacial score (nSPS) is 12.4. The van der Waals surface area contributed by atoms with Gasteiger partial charge in [0.15, 0.2) is 0 Å². The van der Waals surface area contributed by atoms with Gasteiger partial charge in [-0.25, -0.2) is 8.78 Å². The van der Waals surface area contributed by atoms with Gasteiger partial charge in [0.2, 0.25) is 0 Å². The molecule has 0 aromatic heterocycles. The number of halogens is 2. The average molecular weight is 319 g/mol. The molecule has 0 saturated heterocycles. The maximum Gasteiger partial charge on any atom is 0.129 e. The highest BCUT2D eigenvalue weighted by molar-refractivity contribution is 5.31. The number of rotatable bonds is 7. The summed E-state index contributed by atoms with van der Waals surface area (Å²) in [5.74, 6) is -0.0787. The molecule has 0 heterocycles. The molecule has 2 aromatic rings. The second kappa shape index (κ2) is 8.06. The number of ether oxygens (including phenoxy) is 1. The third-order valence-electron chi connectivity index (χ3n) is 3.65. The fourth-order valence-corrected chi connectivity index (χ4v) is 2.46. The fraction of sp³-hybridized carbons (Fsp3) is 0.368. The summed E-state index contributed by atoms with van der Waals surface area (Å²) >= 11 is 0. The van der Waals surface area contributed by atoms with Crippen LogP contribution in [0.1, 0.15) is 30.9 Å². The lowest BCUT2D eigenvalue weighted by Crippen LogP contribution is -2.16. The van der Waals surface area contributed by atoms with Crippen LogP contribution in [-0.4, -0.2) is 13.2 Å². The van der Waals surface area contributed by atoms with Crippen LogP contribution in [0.3, 0.4) is 0 Å². The van der Waals surface area contributed by atoms with E-state index in [0.717, 1.165) is 17.4 Å². The van der Waals surface area contributed by atoms with E-state index in [4.69, 9.17) is 10.5 Å². The molecule has 2 rings (SSSR count). The van der Waals surface area contributed by atoms with Gasteiger partial charge in [0, 0.05) is 12.0 Å². The molecule has 0 fully saturated rings. The van der Waals surface area contributed by atoms with Gasteiger partial charge in [0.25, 0.3) is 0 Å². The van der Waals surface area contributed by atoms with Gasteiger partial charge in [-0.2, -0.15) is 0 Å². The Hall–Kier alpha value is -1.94. The fourth-order valence-electron chi connectivity index (χ4n) is 2.46. The van der Waals surface area contributed by atoms with Crippen molar-refractivity contribution in [2.45, 2.75) is 26.2 Å². The smallest absolute Gasteiger partial charge is 0.129 e. The Morgan fingerprint density at radius 2 is 1.87 bits per heavy atom. The van der Waals surface area contributed by atoms with Crippen LogP contribution < -0.4 is 10.5 Å². The van der Waals surface area contributed by atoms with E-state index < -0.39 is 11.6 Å². The van der Waals surface area contributed by atoms with E-state index in [1.54, 1.807) is 0 Å². The molecule has 1 atom stereocenters. The molecular weight excluding hydrogens is 296 g/mol. The molecule has 23 heavy (non-hydrogen) atoms. The van der Waals surface area contributed by atoms with E-state index in [0.29, 0.717) is 31.1 Å². The molecule has 0 aliphatic heterocycles. The van der Waals surface area contributed by atoms with Crippen molar-refractivity contribution >= 4 is 0 Å². The molecule has 2 nitrogen and oxygen atoms in total. The highest BCUT2D eigenvalue weighted by Crippen LogP contribution is 2.25. The lowest BCUT2D eigenvalue weighted by Gasteiger charge is -2.17. The summed E-state index contributed by atoms with van der Waals surface area (Å²) in [6.45, 7) is 5.12. The van der Waals surface area contributed by atoms with Crippen molar-refractivity contribution in [1.29, 1.82) is 0 Å². The van der Waals surface area contributed by atoms with Crippen LogP contribution in [0.5, 0.6) is 5.75 Å². The molecule has 0 amide bonds. The molecule has 0 bridgehead atoms. The molecular formula is C19H23F2NO. The number of hydrogen-bond acceptors (Lipinski definition) is 2. The van der Waals surface area contributed by atoms with Crippen LogP contribution in [-0.2, 0) is 6.42 Å². The quantitative estimate of drug-likeness (QED) is 0.826. The lowest BCUT2D eigenvalue weighted by molar-refractivity contribution is 0.271. The second-order valence-corrected chi connectivity index (χ2v) is 6.15. The molecule has 124 valence electrons. The highest BCUT2D eigenvalue weighted by Gasteiger charge is 2.16. The van der Waals surface area contributed by atoms with Crippen molar-refractivity contribution in [2.75, 3.05) is 13.2 Å². The first-order chi connectivity index (χ1) is 11.0. The van der Waals surface area contributed by atoms with Gasteiger partial charge in [-0.15, -0.1) is 0 Å². The van der Waals surface area contributed by atoms with Crippen LogP contribution in [0.4, 0.5) is 8.78 Å². The summed E-state index contributed by atoms with van der Waals surface area (Å²) in [5, 5.41) is 0. The van der Waals surface area contributed by atoms with Crippen LogP contribution in [0.25, 0.3) is 0 Å². The van der Waals surface area contributed by atoms with Gasteiger partial charge >= 0.3 is 0 Å². The van der Waals surface area contributed by atoms with E-state index in [1.165, 1.54) is 12.1 Å². The molecule has 0 radical (unpaired) electrons. The van der Waals surface area contributed by atoms with Crippen molar-refractivity contribution in [3.8, 4) is 5.75 Å². The second-order valence-electron chi connectivity index (χ2n) is 6.15. The van der Waals surface area contributed by atoms with Gasteiger partial charge in [0.05, 0.1) is 6.61 Å². The molecule has 0 spiro atoms. The topological polar surface area (TPSA) is 35.2 Å². The Kier molecular flexibility index (Phi) is 6.11. The number of benzene rings is 2. The van der Waals surface area contributed by atoms with Crippen LogP contribution in [0, 0.1) is 17.6 Å². The van der Waals surface area contributed by atoms with Crippen LogP contribution in [0.15, 0.2) is 42.5 Å². The maximum atomic E-state index is 14.0. The predicted octanol–water partition coefficient (Wildman–Crippen LogP) is 4.28. The van der Waals surface area contributed by atoms with E-state index >= 15 is 0 Å². The summed E-state index contributed by atoms with van der Waals surface area (Å²) in [4.78, 5) is 0. The van der Waals surface area contributed by atoms with E-state index in [2.05, 4.69) is 13.8 Å². The molecule has 2 N–H and O–H groups in total. The zero-order valence-corrected chi connectivity index (χ0v) is 13.6. The number of hydrogen-bond donors (Lipinski definition) is 1.